The van der Waals surface area contributed by atoms with Gasteiger partial charge in [-0.3, -0.25) is 14.8 Å². The Morgan fingerprint density at radius 1 is 1.03 bits per heavy atom. The summed E-state index contributed by atoms with van der Waals surface area (Å²) in [6.07, 6.45) is 7.49. The molecule has 0 saturated carbocycles. The van der Waals surface area contributed by atoms with Crippen LogP contribution in [-0.4, -0.2) is 55.5 Å². The summed E-state index contributed by atoms with van der Waals surface area (Å²) in [5.41, 5.74) is 6.42. The zero-order valence-electron chi connectivity index (χ0n) is 19.6. The molecule has 8 nitrogen and oxygen atoms in total. The molecule has 0 aliphatic carbocycles. The van der Waals surface area contributed by atoms with Crippen LogP contribution < -0.4 is 5.32 Å². The first-order valence-electron chi connectivity index (χ1n) is 11.9. The minimum Gasteiger partial charge on any atom is -0.340 e. The number of hydrogen-bond acceptors (Lipinski definition) is 6. The van der Waals surface area contributed by atoms with Gasteiger partial charge in [0.2, 0.25) is 5.91 Å². The molecule has 1 saturated heterocycles. The summed E-state index contributed by atoms with van der Waals surface area (Å²) in [6.45, 7) is 2.32. The van der Waals surface area contributed by atoms with Gasteiger partial charge in [-0.1, -0.05) is 24.3 Å². The number of fused-ring (bicyclic) bond motifs is 1. The summed E-state index contributed by atoms with van der Waals surface area (Å²) >= 11 is 0. The monoisotopic (exact) mass is 465 g/mol. The molecular weight excluding hydrogens is 438 g/mol. The Balaban J connectivity index is 1.17. The molecule has 4 heterocycles. The van der Waals surface area contributed by atoms with Crippen molar-refractivity contribution in [3.63, 3.8) is 0 Å². The van der Waals surface area contributed by atoms with Gasteiger partial charge in [-0.25, -0.2) is 9.97 Å². The maximum atomic E-state index is 13.0. The third-order valence-corrected chi connectivity index (χ3v) is 6.95. The number of rotatable bonds is 5. The van der Waals surface area contributed by atoms with E-state index in [1.54, 1.807) is 12.4 Å². The quantitative estimate of drug-likeness (QED) is 0.459. The minimum atomic E-state index is 0.0172. The molecule has 2 aliphatic rings. The van der Waals surface area contributed by atoms with Crippen molar-refractivity contribution >= 4 is 17.4 Å². The van der Waals surface area contributed by atoms with Crippen molar-refractivity contribution in [1.82, 2.24) is 30.0 Å². The number of aromatic amines is 1. The Morgan fingerprint density at radius 2 is 1.86 bits per heavy atom. The van der Waals surface area contributed by atoms with Crippen LogP contribution in [0.3, 0.4) is 0 Å². The SMILES string of the molecule is CN1CCC[C@H]1C(=O)N1Cc2ccc(-c3nccc(Nc4ccc(-c5cn[nH]c5)cc4)n3)cc2C1. The van der Waals surface area contributed by atoms with Crippen LogP contribution in [-0.2, 0) is 17.9 Å². The van der Waals surface area contributed by atoms with Crippen LogP contribution in [0.5, 0.6) is 0 Å². The van der Waals surface area contributed by atoms with Crippen molar-refractivity contribution in [3.05, 3.63) is 78.2 Å². The molecule has 1 atom stereocenters. The van der Waals surface area contributed by atoms with Crippen LogP contribution in [0.2, 0.25) is 0 Å². The fourth-order valence-corrected chi connectivity index (χ4v) is 4.99. The second-order valence-electron chi connectivity index (χ2n) is 9.27. The maximum Gasteiger partial charge on any atom is 0.240 e. The first-order chi connectivity index (χ1) is 17.1. The molecule has 0 bridgehead atoms. The predicted octanol–water partition coefficient (Wildman–Crippen LogP) is 4.21. The molecule has 0 spiro atoms. The molecule has 176 valence electrons. The highest BCUT2D eigenvalue weighted by molar-refractivity contribution is 5.83. The van der Waals surface area contributed by atoms with Crippen LogP contribution in [0.1, 0.15) is 24.0 Å². The third kappa shape index (κ3) is 4.28. The lowest BCUT2D eigenvalue weighted by Gasteiger charge is -2.24. The summed E-state index contributed by atoms with van der Waals surface area (Å²) < 4.78 is 0. The number of hydrogen-bond donors (Lipinski definition) is 2. The van der Waals surface area contributed by atoms with Crippen molar-refractivity contribution in [2.75, 3.05) is 18.9 Å². The van der Waals surface area contributed by atoms with E-state index in [4.69, 9.17) is 4.98 Å². The summed E-state index contributed by atoms with van der Waals surface area (Å²) in [7, 11) is 2.04. The average molecular weight is 466 g/mol. The molecule has 6 rings (SSSR count). The van der Waals surface area contributed by atoms with E-state index in [1.165, 1.54) is 11.1 Å². The standard InChI is InChI=1S/C27H27N7O/c1-33-12-2-3-24(33)27(35)34-16-20-5-4-19(13-21(20)17-34)26-28-11-10-25(32-26)31-23-8-6-18(7-9-23)22-14-29-30-15-22/h4-11,13-15,24H,2-3,12,16-17H2,1H3,(H,29,30)(H,28,31,32)/t24-/m0/s1. The number of likely N-dealkylation sites (tertiary alicyclic amines) is 1. The topological polar surface area (TPSA) is 90.0 Å². The molecule has 2 N–H and O–H groups in total. The van der Waals surface area contributed by atoms with Gasteiger partial charge in [-0.05, 0) is 67.4 Å². The zero-order valence-corrected chi connectivity index (χ0v) is 19.6. The van der Waals surface area contributed by atoms with Crippen molar-refractivity contribution < 1.29 is 4.79 Å². The number of likely N-dealkylation sites (N-methyl/N-ethyl adjacent to an activating group) is 1. The molecule has 2 aromatic carbocycles. The Labute approximate surface area is 204 Å². The van der Waals surface area contributed by atoms with Crippen LogP contribution >= 0.6 is 0 Å². The molecule has 0 radical (unpaired) electrons. The van der Waals surface area contributed by atoms with Gasteiger partial charge in [0.15, 0.2) is 5.82 Å². The first-order valence-corrected chi connectivity index (χ1v) is 11.9. The van der Waals surface area contributed by atoms with E-state index in [1.807, 2.05) is 54.5 Å². The number of carbonyl (C=O) groups is 1. The highest BCUT2D eigenvalue weighted by atomic mass is 16.2. The Morgan fingerprint density at radius 3 is 2.63 bits per heavy atom. The number of carbonyl (C=O) groups excluding carboxylic acids is 1. The second-order valence-corrected chi connectivity index (χ2v) is 9.27. The molecular formula is C27H27N7O. The number of amides is 1. The van der Waals surface area contributed by atoms with E-state index < -0.39 is 0 Å². The third-order valence-electron chi connectivity index (χ3n) is 6.95. The van der Waals surface area contributed by atoms with Gasteiger partial charge in [0, 0.05) is 42.3 Å². The van der Waals surface area contributed by atoms with Gasteiger partial charge in [-0.2, -0.15) is 5.10 Å². The van der Waals surface area contributed by atoms with E-state index in [9.17, 15) is 4.79 Å². The highest BCUT2D eigenvalue weighted by Gasteiger charge is 2.34. The fourth-order valence-electron chi connectivity index (χ4n) is 4.99. The second kappa shape index (κ2) is 8.96. The Kier molecular flexibility index (Phi) is 5.50. The Bertz CT molecular complexity index is 1350. The molecule has 1 amide bonds. The van der Waals surface area contributed by atoms with Crippen LogP contribution in [0.25, 0.3) is 22.5 Å². The molecule has 2 aliphatic heterocycles. The summed E-state index contributed by atoms with van der Waals surface area (Å²) in [5.74, 6) is 1.63. The normalized spacial score (nSPS) is 17.5. The van der Waals surface area contributed by atoms with Gasteiger partial charge in [-0.15, -0.1) is 0 Å². The first kappa shape index (κ1) is 21.5. The number of aromatic nitrogens is 4. The lowest BCUT2D eigenvalue weighted by atomic mass is 10.1. The Hall–Kier alpha value is -4.04. The average Bonchev–Trinajstić information content (AvgIpc) is 3.65. The van der Waals surface area contributed by atoms with Gasteiger partial charge < -0.3 is 10.2 Å². The largest absolute Gasteiger partial charge is 0.340 e. The van der Waals surface area contributed by atoms with Crippen LogP contribution in [0.4, 0.5) is 11.5 Å². The summed E-state index contributed by atoms with van der Waals surface area (Å²) in [5, 5.41) is 10.2. The highest BCUT2D eigenvalue weighted by Crippen LogP contribution is 2.30. The molecule has 35 heavy (non-hydrogen) atoms. The van der Waals surface area contributed by atoms with Gasteiger partial charge in [0.05, 0.1) is 12.2 Å². The molecule has 0 unspecified atom stereocenters. The molecule has 8 heteroatoms. The van der Waals surface area contributed by atoms with Crippen molar-refractivity contribution in [1.29, 1.82) is 0 Å². The van der Waals surface area contributed by atoms with Crippen molar-refractivity contribution in [2.24, 2.45) is 0 Å². The van der Waals surface area contributed by atoms with Gasteiger partial charge in [0.25, 0.3) is 0 Å². The minimum absolute atomic E-state index is 0.0172. The smallest absolute Gasteiger partial charge is 0.240 e. The van der Waals surface area contributed by atoms with Gasteiger partial charge in [0.1, 0.15) is 5.82 Å². The van der Waals surface area contributed by atoms with E-state index >= 15 is 0 Å². The van der Waals surface area contributed by atoms with Crippen molar-refractivity contribution in [2.45, 2.75) is 32.0 Å². The maximum absolute atomic E-state index is 13.0. The van der Waals surface area contributed by atoms with Gasteiger partial charge >= 0.3 is 0 Å². The number of benzene rings is 2. The predicted molar refractivity (Wildman–Crippen MR) is 135 cm³/mol. The summed E-state index contributed by atoms with van der Waals surface area (Å²) in [6, 6.07) is 16.3. The molecule has 4 aromatic rings. The number of nitrogens with zero attached hydrogens (tertiary/aromatic N) is 5. The molecule has 1 fully saturated rings. The number of H-pyrrole nitrogens is 1. The fraction of sp³-hybridized carbons (Fsp3) is 0.259. The van der Waals surface area contributed by atoms with Crippen LogP contribution in [0.15, 0.2) is 67.1 Å². The lowest BCUT2D eigenvalue weighted by molar-refractivity contribution is -0.136. The lowest BCUT2D eigenvalue weighted by Crippen LogP contribution is -2.41. The van der Waals surface area contributed by atoms with E-state index in [2.05, 4.69) is 37.5 Å². The van der Waals surface area contributed by atoms with E-state index in [0.717, 1.165) is 47.6 Å². The van der Waals surface area contributed by atoms with Crippen LogP contribution in [0, 0.1) is 0 Å². The number of nitrogens with one attached hydrogen (secondary N) is 2. The number of anilines is 2. The molecule has 2 aromatic heterocycles. The van der Waals surface area contributed by atoms with Crippen molar-refractivity contribution in [3.8, 4) is 22.5 Å². The van der Waals surface area contributed by atoms with E-state index in [0.29, 0.717) is 18.9 Å². The van der Waals surface area contributed by atoms with E-state index in [-0.39, 0.29) is 11.9 Å². The zero-order chi connectivity index (χ0) is 23.8. The summed E-state index contributed by atoms with van der Waals surface area (Å²) in [4.78, 5) is 26.4.